The van der Waals surface area contributed by atoms with Crippen LogP contribution in [-0.4, -0.2) is 11.8 Å². The zero-order valence-corrected chi connectivity index (χ0v) is 15.2. The van der Waals surface area contributed by atoms with Gasteiger partial charge in [-0.15, -0.1) is 11.8 Å². The molecule has 1 aliphatic heterocycles. The second-order valence-electron chi connectivity index (χ2n) is 6.00. The van der Waals surface area contributed by atoms with Gasteiger partial charge in [-0.05, 0) is 48.0 Å². The van der Waals surface area contributed by atoms with E-state index in [0.717, 1.165) is 22.7 Å². The Morgan fingerprint density at radius 1 is 0.893 bits per heavy atom. The summed E-state index contributed by atoms with van der Waals surface area (Å²) in [5.74, 6) is -1.16. The van der Waals surface area contributed by atoms with Crippen LogP contribution in [0, 0.1) is 11.6 Å². The lowest BCUT2D eigenvalue weighted by Gasteiger charge is -2.15. The Labute approximate surface area is 163 Å². The standard InChI is InChI=1S/C21H13F2NO3S/c22-14-8-6-13(7-9-14)18-19(28-12-17-5-2-10-27-17)21(26)24(20(18)25)16-4-1-3-15(23)11-16/h1-11H,12H2. The predicted molar refractivity (Wildman–Crippen MR) is 102 cm³/mol. The van der Waals surface area contributed by atoms with Crippen LogP contribution in [0.1, 0.15) is 11.3 Å². The van der Waals surface area contributed by atoms with E-state index in [1.54, 1.807) is 12.1 Å². The van der Waals surface area contributed by atoms with Gasteiger partial charge < -0.3 is 4.42 Å². The summed E-state index contributed by atoms with van der Waals surface area (Å²) in [4.78, 5) is 27.3. The fourth-order valence-corrected chi connectivity index (χ4v) is 3.92. The molecule has 0 aliphatic carbocycles. The van der Waals surface area contributed by atoms with E-state index in [-0.39, 0.29) is 16.2 Å². The first kappa shape index (κ1) is 18.2. The maximum absolute atomic E-state index is 13.6. The highest BCUT2D eigenvalue weighted by Crippen LogP contribution is 2.39. The normalized spacial score (nSPS) is 14.3. The van der Waals surface area contributed by atoms with Crippen molar-refractivity contribution in [2.75, 3.05) is 4.90 Å². The van der Waals surface area contributed by atoms with Crippen molar-refractivity contribution in [3.8, 4) is 0 Å². The molecule has 0 radical (unpaired) electrons. The number of carbonyl (C=O) groups excluding carboxylic acids is 2. The van der Waals surface area contributed by atoms with Crippen LogP contribution in [-0.2, 0) is 15.3 Å². The average Bonchev–Trinajstić information content (AvgIpc) is 3.27. The summed E-state index contributed by atoms with van der Waals surface area (Å²) in [5.41, 5.74) is 0.717. The summed E-state index contributed by atoms with van der Waals surface area (Å²) in [6, 6.07) is 14.1. The van der Waals surface area contributed by atoms with E-state index in [1.807, 2.05) is 0 Å². The third kappa shape index (κ3) is 3.36. The molecule has 1 aromatic heterocycles. The van der Waals surface area contributed by atoms with Gasteiger partial charge in [0.05, 0.1) is 28.2 Å². The van der Waals surface area contributed by atoms with E-state index in [0.29, 0.717) is 17.1 Å². The lowest BCUT2D eigenvalue weighted by molar-refractivity contribution is -0.119. The third-order valence-electron chi connectivity index (χ3n) is 4.18. The van der Waals surface area contributed by atoms with E-state index in [1.165, 1.54) is 48.7 Å². The van der Waals surface area contributed by atoms with Crippen LogP contribution in [0.25, 0.3) is 5.57 Å². The number of anilines is 1. The highest BCUT2D eigenvalue weighted by Gasteiger charge is 2.40. The van der Waals surface area contributed by atoms with E-state index < -0.39 is 23.4 Å². The molecule has 3 aromatic rings. The predicted octanol–water partition coefficient (Wildman–Crippen LogP) is 4.78. The molecule has 0 unspecified atom stereocenters. The van der Waals surface area contributed by atoms with Crippen molar-refractivity contribution in [3.63, 3.8) is 0 Å². The first-order valence-electron chi connectivity index (χ1n) is 8.34. The number of hydrogen-bond donors (Lipinski definition) is 0. The van der Waals surface area contributed by atoms with Crippen LogP contribution in [0.15, 0.2) is 76.2 Å². The molecule has 2 amide bonds. The summed E-state index contributed by atoms with van der Waals surface area (Å²) < 4.78 is 32.3. The molecule has 0 spiro atoms. The van der Waals surface area contributed by atoms with E-state index >= 15 is 0 Å². The maximum atomic E-state index is 13.6. The Bertz CT molecular complexity index is 1080. The van der Waals surface area contributed by atoms with Crippen molar-refractivity contribution in [2.45, 2.75) is 5.75 Å². The SMILES string of the molecule is O=C1C(SCc2ccco2)=C(c2ccc(F)cc2)C(=O)N1c1cccc(F)c1. The molecule has 2 aromatic carbocycles. The number of rotatable bonds is 5. The zero-order chi connectivity index (χ0) is 19.7. The molecule has 0 N–H and O–H groups in total. The van der Waals surface area contributed by atoms with E-state index in [4.69, 9.17) is 4.42 Å². The number of thioether (sulfide) groups is 1. The van der Waals surface area contributed by atoms with Gasteiger partial charge in [0.1, 0.15) is 17.4 Å². The van der Waals surface area contributed by atoms with Crippen LogP contribution in [0.2, 0.25) is 0 Å². The molecular weight excluding hydrogens is 384 g/mol. The minimum atomic E-state index is -0.579. The Morgan fingerprint density at radius 2 is 1.68 bits per heavy atom. The molecule has 0 atom stereocenters. The summed E-state index contributed by atoms with van der Waals surface area (Å²) in [5, 5.41) is 0. The number of nitrogens with zero attached hydrogens (tertiary/aromatic N) is 1. The Morgan fingerprint density at radius 3 is 2.36 bits per heavy atom. The Hall–Kier alpha value is -3.19. The second kappa shape index (κ2) is 7.44. The van der Waals surface area contributed by atoms with Gasteiger partial charge in [0, 0.05) is 0 Å². The van der Waals surface area contributed by atoms with Gasteiger partial charge in [-0.3, -0.25) is 9.59 Å². The van der Waals surface area contributed by atoms with Crippen molar-refractivity contribution < 1.29 is 22.8 Å². The molecule has 7 heteroatoms. The fourth-order valence-electron chi connectivity index (χ4n) is 2.90. The molecule has 4 nitrogen and oxygen atoms in total. The van der Waals surface area contributed by atoms with E-state index in [9.17, 15) is 18.4 Å². The highest BCUT2D eigenvalue weighted by atomic mass is 32.2. The maximum Gasteiger partial charge on any atom is 0.272 e. The van der Waals surface area contributed by atoms with Gasteiger partial charge in [0.25, 0.3) is 11.8 Å². The Kier molecular flexibility index (Phi) is 4.83. The lowest BCUT2D eigenvalue weighted by Crippen LogP contribution is -2.31. The molecule has 140 valence electrons. The summed E-state index contributed by atoms with van der Waals surface area (Å²) in [6.45, 7) is 0. The van der Waals surface area contributed by atoms with Crippen molar-refractivity contribution in [1.29, 1.82) is 0 Å². The van der Waals surface area contributed by atoms with Gasteiger partial charge in [0.2, 0.25) is 0 Å². The topological polar surface area (TPSA) is 50.5 Å². The van der Waals surface area contributed by atoms with Crippen molar-refractivity contribution in [2.24, 2.45) is 0 Å². The first-order chi connectivity index (χ1) is 13.5. The molecule has 4 rings (SSSR count). The smallest absolute Gasteiger partial charge is 0.272 e. The lowest BCUT2D eigenvalue weighted by atomic mass is 10.1. The molecule has 28 heavy (non-hydrogen) atoms. The van der Waals surface area contributed by atoms with Gasteiger partial charge in [0.15, 0.2) is 0 Å². The molecule has 0 fully saturated rings. The largest absolute Gasteiger partial charge is 0.468 e. The molecular formula is C21H13F2NO3S. The number of furan rings is 1. The molecule has 1 aliphatic rings. The van der Waals surface area contributed by atoms with Crippen LogP contribution in [0.3, 0.4) is 0 Å². The van der Waals surface area contributed by atoms with Gasteiger partial charge in [-0.1, -0.05) is 18.2 Å². The molecule has 0 saturated heterocycles. The van der Waals surface area contributed by atoms with Crippen LogP contribution in [0.4, 0.5) is 14.5 Å². The Balaban J connectivity index is 1.76. The van der Waals surface area contributed by atoms with Crippen LogP contribution >= 0.6 is 11.8 Å². The monoisotopic (exact) mass is 397 g/mol. The molecule has 0 saturated carbocycles. The van der Waals surface area contributed by atoms with Crippen molar-refractivity contribution in [3.05, 3.63) is 94.8 Å². The van der Waals surface area contributed by atoms with Crippen LogP contribution < -0.4 is 4.90 Å². The number of imide groups is 1. The third-order valence-corrected chi connectivity index (χ3v) is 5.28. The van der Waals surface area contributed by atoms with Gasteiger partial charge in [-0.25, -0.2) is 13.7 Å². The van der Waals surface area contributed by atoms with Crippen LogP contribution in [0.5, 0.6) is 0 Å². The summed E-state index contributed by atoms with van der Waals surface area (Å²) in [6.07, 6.45) is 1.52. The number of benzene rings is 2. The fraction of sp³-hybridized carbons (Fsp3) is 0.0476. The first-order valence-corrected chi connectivity index (χ1v) is 9.33. The molecule has 2 heterocycles. The minimum Gasteiger partial charge on any atom is -0.468 e. The number of halogens is 2. The quantitative estimate of drug-likeness (QED) is 0.582. The van der Waals surface area contributed by atoms with Crippen molar-refractivity contribution in [1.82, 2.24) is 0 Å². The second-order valence-corrected chi connectivity index (χ2v) is 6.99. The summed E-state index contributed by atoms with van der Waals surface area (Å²) in [7, 11) is 0. The highest BCUT2D eigenvalue weighted by molar-refractivity contribution is 8.03. The van der Waals surface area contributed by atoms with Gasteiger partial charge >= 0.3 is 0 Å². The average molecular weight is 397 g/mol. The molecule has 0 bridgehead atoms. The van der Waals surface area contributed by atoms with Gasteiger partial charge in [-0.2, -0.15) is 0 Å². The number of hydrogen-bond acceptors (Lipinski definition) is 4. The summed E-state index contributed by atoms with van der Waals surface area (Å²) >= 11 is 1.15. The zero-order valence-electron chi connectivity index (χ0n) is 14.4. The minimum absolute atomic E-state index is 0.142. The number of carbonyl (C=O) groups is 2. The van der Waals surface area contributed by atoms with Crippen molar-refractivity contribution >= 4 is 34.8 Å². The number of amides is 2. The van der Waals surface area contributed by atoms with E-state index in [2.05, 4.69) is 0 Å².